The van der Waals surface area contributed by atoms with Crippen molar-refractivity contribution in [2.24, 2.45) is 0 Å². The molecule has 1 aliphatic rings. The van der Waals surface area contributed by atoms with E-state index in [4.69, 9.17) is 4.74 Å². The number of aromatic nitrogens is 1. The van der Waals surface area contributed by atoms with Crippen LogP contribution < -0.4 is 9.64 Å². The molecule has 4 rings (SSSR count). The van der Waals surface area contributed by atoms with Gasteiger partial charge in [-0.15, -0.1) is 0 Å². The number of hydrogen-bond acceptors (Lipinski definition) is 4. The van der Waals surface area contributed by atoms with Crippen LogP contribution in [0.5, 0.6) is 5.75 Å². The van der Waals surface area contributed by atoms with Gasteiger partial charge in [-0.05, 0) is 44.5 Å². The molecule has 1 aliphatic heterocycles. The Bertz CT molecular complexity index is 1040. The van der Waals surface area contributed by atoms with Gasteiger partial charge in [0.2, 0.25) is 0 Å². The highest BCUT2D eigenvalue weighted by Crippen LogP contribution is 2.26. The van der Waals surface area contributed by atoms with Crippen LogP contribution in [-0.2, 0) is 0 Å². The van der Waals surface area contributed by atoms with E-state index in [1.165, 1.54) is 11.3 Å². The third kappa shape index (κ3) is 3.87. The van der Waals surface area contributed by atoms with Crippen LogP contribution in [0.25, 0.3) is 10.9 Å². The van der Waals surface area contributed by atoms with E-state index >= 15 is 0 Å². The van der Waals surface area contributed by atoms with Gasteiger partial charge in [0.25, 0.3) is 0 Å². The highest BCUT2D eigenvalue weighted by molar-refractivity contribution is 6.10. The number of methoxy groups -OCH3 is 1. The molecule has 5 heteroatoms. The van der Waals surface area contributed by atoms with Crippen molar-refractivity contribution in [1.82, 2.24) is 9.88 Å². The number of piperazine rings is 1. The Morgan fingerprint density at radius 2 is 2.00 bits per heavy atom. The molecule has 1 fully saturated rings. The lowest BCUT2D eigenvalue weighted by Crippen LogP contribution is -2.53. The lowest BCUT2D eigenvalue weighted by atomic mass is 10.0. The largest absolute Gasteiger partial charge is 0.497 e. The van der Waals surface area contributed by atoms with Gasteiger partial charge in [0.1, 0.15) is 5.75 Å². The summed E-state index contributed by atoms with van der Waals surface area (Å²) in [4.78, 5) is 21.2. The first-order chi connectivity index (χ1) is 14.0. The van der Waals surface area contributed by atoms with Crippen LogP contribution in [0.3, 0.4) is 0 Å². The Kier molecular flexibility index (Phi) is 5.33. The SMILES string of the molecule is COc1cccc(N2CCN(CC(=O)c3c(C)[nH]c4cc(C)ccc34)C[C@H]2C)c1. The van der Waals surface area contributed by atoms with Crippen molar-refractivity contribution in [2.45, 2.75) is 26.8 Å². The third-order valence-electron chi connectivity index (χ3n) is 5.88. The van der Waals surface area contributed by atoms with Gasteiger partial charge in [0.05, 0.1) is 13.7 Å². The molecule has 0 aliphatic carbocycles. The molecule has 0 spiro atoms. The van der Waals surface area contributed by atoms with Crippen LogP contribution in [0, 0.1) is 13.8 Å². The maximum Gasteiger partial charge on any atom is 0.179 e. The van der Waals surface area contributed by atoms with Crippen molar-refractivity contribution in [3.05, 3.63) is 59.3 Å². The molecule has 2 aromatic carbocycles. The summed E-state index contributed by atoms with van der Waals surface area (Å²) < 4.78 is 5.36. The minimum Gasteiger partial charge on any atom is -0.497 e. The van der Waals surface area contributed by atoms with Crippen LogP contribution in [0.15, 0.2) is 42.5 Å². The molecule has 29 heavy (non-hydrogen) atoms. The van der Waals surface area contributed by atoms with Crippen LogP contribution in [0.2, 0.25) is 0 Å². The second kappa shape index (κ2) is 7.91. The van der Waals surface area contributed by atoms with Crippen molar-refractivity contribution in [2.75, 3.05) is 38.2 Å². The van der Waals surface area contributed by atoms with Crippen LogP contribution in [-0.4, -0.2) is 55.0 Å². The molecular formula is C24H29N3O2. The molecule has 0 unspecified atom stereocenters. The van der Waals surface area contributed by atoms with Gasteiger partial charge >= 0.3 is 0 Å². The van der Waals surface area contributed by atoms with Crippen molar-refractivity contribution >= 4 is 22.4 Å². The molecule has 5 nitrogen and oxygen atoms in total. The minimum atomic E-state index is 0.194. The summed E-state index contributed by atoms with van der Waals surface area (Å²) in [6.45, 7) is 9.37. The second-order valence-corrected chi connectivity index (χ2v) is 8.08. The number of nitrogens with zero attached hydrogens (tertiary/aromatic N) is 2. The molecule has 1 saturated heterocycles. The Morgan fingerprint density at radius 3 is 2.76 bits per heavy atom. The van der Waals surface area contributed by atoms with E-state index in [0.29, 0.717) is 12.6 Å². The summed E-state index contributed by atoms with van der Waals surface area (Å²) in [5.74, 6) is 1.07. The lowest BCUT2D eigenvalue weighted by molar-refractivity contribution is 0.0918. The predicted octanol–water partition coefficient (Wildman–Crippen LogP) is 4.19. The maximum absolute atomic E-state index is 13.1. The number of rotatable bonds is 5. The average molecular weight is 392 g/mol. The molecule has 1 atom stereocenters. The molecule has 0 saturated carbocycles. The number of ether oxygens (including phenoxy) is 1. The predicted molar refractivity (Wildman–Crippen MR) is 118 cm³/mol. The number of benzene rings is 2. The molecule has 0 radical (unpaired) electrons. The number of nitrogens with one attached hydrogen (secondary N) is 1. The Morgan fingerprint density at radius 1 is 1.17 bits per heavy atom. The van der Waals surface area contributed by atoms with E-state index in [-0.39, 0.29) is 5.78 Å². The topological polar surface area (TPSA) is 48.6 Å². The summed E-state index contributed by atoms with van der Waals surface area (Å²) in [7, 11) is 1.69. The van der Waals surface area contributed by atoms with Gasteiger partial charge in [-0.3, -0.25) is 9.69 Å². The minimum absolute atomic E-state index is 0.194. The zero-order valence-corrected chi connectivity index (χ0v) is 17.7. The number of aromatic amines is 1. The van der Waals surface area contributed by atoms with E-state index in [0.717, 1.165) is 47.5 Å². The maximum atomic E-state index is 13.1. The second-order valence-electron chi connectivity index (χ2n) is 8.08. The van der Waals surface area contributed by atoms with E-state index in [1.54, 1.807) is 7.11 Å². The van der Waals surface area contributed by atoms with E-state index < -0.39 is 0 Å². The molecule has 1 aromatic heterocycles. The number of H-pyrrole nitrogens is 1. The number of carbonyl (C=O) groups is 1. The number of ketones is 1. The molecule has 0 bridgehead atoms. The first-order valence-electron chi connectivity index (χ1n) is 10.2. The highest BCUT2D eigenvalue weighted by atomic mass is 16.5. The quantitative estimate of drug-likeness (QED) is 0.663. The fourth-order valence-corrected chi connectivity index (χ4v) is 4.44. The van der Waals surface area contributed by atoms with Crippen LogP contribution in [0.4, 0.5) is 5.69 Å². The van der Waals surface area contributed by atoms with Crippen molar-refractivity contribution < 1.29 is 9.53 Å². The number of anilines is 1. The summed E-state index contributed by atoms with van der Waals surface area (Å²) in [5.41, 5.74) is 5.20. The van der Waals surface area contributed by atoms with Gasteiger partial charge in [-0.25, -0.2) is 0 Å². The molecule has 3 aromatic rings. The highest BCUT2D eigenvalue weighted by Gasteiger charge is 2.27. The summed E-state index contributed by atoms with van der Waals surface area (Å²) >= 11 is 0. The van der Waals surface area contributed by atoms with Crippen molar-refractivity contribution in [3.8, 4) is 5.75 Å². The van der Waals surface area contributed by atoms with Gasteiger partial charge in [0, 0.05) is 59.6 Å². The summed E-state index contributed by atoms with van der Waals surface area (Å²) in [6.07, 6.45) is 0. The normalized spacial score (nSPS) is 17.7. The lowest BCUT2D eigenvalue weighted by Gasteiger charge is -2.41. The number of Topliss-reactive ketones (excluding diaryl/α,β-unsaturated/α-hetero) is 1. The summed E-state index contributed by atoms with van der Waals surface area (Å²) in [5, 5.41) is 1.03. The summed E-state index contributed by atoms with van der Waals surface area (Å²) in [6, 6.07) is 14.8. The fraction of sp³-hybridized carbons (Fsp3) is 0.375. The molecule has 1 N–H and O–H groups in total. The molecule has 0 amide bonds. The fourth-order valence-electron chi connectivity index (χ4n) is 4.44. The Balaban J connectivity index is 1.46. The first kappa shape index (κ1) is 19.5. The third-order valence-corrected chi connectivity index (χ3v) is 5.88. The van der Waals surface area contributed by atoms with Gasteiger partial charge in [-0.2, -0.15) is 0 Å². The number of aryl methyl sites for hydroxylation is 2. The van der Waals surface area contributed by atoms with E-state index in [9.17, 15) is 4.79 Å². The van der Waals surface area contributed by atoms with Crippen LogP contribution >= 0.6 is 0 Å². The molecular weight excluding hydrogens is 362 g/mol. The zero-order valence-electron chi connectivity index (χ0n) is 17.7. The van der Waals surface area contributed by atoms with Gasteiger partial charge in [0.15, 0.2) is 5.78 Å². The Labute approximate surface area is 172 Å². The average Bonchev–Trinajstić information content (AvgIpc) is 3.03. The Hall–Kier alpha value is -2.79. The molecule has 2 heterocycles. The zero-order chi connectivity index (χ0) is 20.5. The molecule has 152 valence electrons. The number of carbonyl (C=O) groups excluding carboxylic acids is 1. The van der Waals surface area contributed by atoms with E-state index in [1.807, 2.05) is 19.1 Å². The number of hydrogen-bond donors (Lipinski definition) is 1. The van der Waals surface area contributed by atoms with Crippen molar-refractivity contribution in [1.29, 1.82) is 0 Å². The monoisotopic (exact) mass is 391 g/mol. The smallest absolute Gasteiger partial charge is 0.179 e. The van der Waals surface area contributed by atoms with Crippen LogP contribution in [0.1, 0.15) is 28.5 Å². The van der Waals surface area contributed by atoms with Gasteiger partial charge < -0.3 is 14.6 Å². The van der Waals surface area contributed by atoms with Gasteiger partial charge in [-0.1, -0.05) is 18.2 Å². The van der Waals surface area contributed by atoms with E-state index in [2.05, 4.69) is 59.0 Å². The first-order valence-corrected chi connectivity index (χ1v) is 10.2. The standard InChI is InChI=1S/C24H29N3O2/c1-16-8-9-21-22(12-16)25-18(3)24(21)23(28)15-26-10-11-27(17(2)14-26)19-6-5-7-20(13-19)29-4/h5-9,12-13,17,25H,10-11,14-15H2,1-4H3/t17-/m1/s1. The van der Waals surface area contributed by atoms with Crippen molar-refractivity contribution in [3.63, 3.8) is 0 Å². The number of fused-ring (bicyclic) bond motifs is 1.